The molecule has 0 bridgehead atoms. The van der Waals surface area contributed by atoms with Gasteiger partial charge in [-0.15, -0.1) is 0 Å². The lowest BCUT2D eigenvalue weighted by atomic mass is 9.96. The molecule has 0 spiro atoms. The molecule has 5 heteroatoms. The number of aromatic nitrogens is 2. The van der Waals surface area contributed by atoms with Gasteiger partial charge in [-0.2, -0.15) is 0 Å². The van der Waals surface area contributed by atoms with Crippen molar-refractivity contribution in [1.29, 1.82) is 0 Å². The summed E-state index contributed by atoms with van der Waals surface area (Å²) in [5.41, 5.74) is 0.0875. The molecule has 1 N–H and O–H groups in total. The summed E-state index contributed by atoms with van der Waals surface area (Å²) >= 11 is 0. The molecule has 0 aliphatic carbocycles. The fourth-order valence-electron chi connectivity index (χ4n) is 1.35. The highest BCUT2D eigenvalue weighted by molar-refractivity contribution is 5.94. The molecule has 0 aliphatic rings. The van der Waals surface area contributed by atoms with Gasteiger partial charge in [-0.1, -0.05) is 39.0 Å². The Hall–Kier alpha value is -2.43. The van der Waals surface area contributed by atoms with Crippen LogP contribution in [0.3, 0.4) is 0 Å². The van der Waals surface area contributed by atoms with E-state index in [0.29, 0.717) is 11.4 Å². The van der Waals surface area contributed by atoms with E-state index in [1.54, 1.807) is 0 Å². The number of amides is 1. The van der Waals surface area contributed by atoms with Crippen LogP contribution in [0.25, 0.3) is 0 Å². The minimum absolute atomic E-state index is 0.0853. The molecule has 0 radical (unpaired) electrons. The third-order valence-electron chi connectivity index (χ3n) is 2.52. The van der Waals surface area contributed by atoms with Crippen LogP contribution < -0.4 is 10.1 Å². The Morgan fingerprint density at radius 3 is 2.25 bits per heavy atom. The van der Waals surface area contributed by atoms with E-state index >= 15 is 0 Å². The lowest BCUT2D eigenvalue weighted by Gasteiger charge is -2.17. The molecular formula is C15H17N3O2. The quantitative estimate of drug-likeness (QED) is 0.930. The number of carbonyl (C=O) groups excluding carboxylic acids is 1. The average molecular weight is 271 g/mol. The zero-order valence-corrected chi connectivity index (χ0v) is 11.8. The van der Waals surface area contributed by atoms with Gasteiger partial charge in [-0.25, -0.2) is 9.97 Å². The molecule has 20 heavy (non-hydrogen) atoms. The Kier molecular flexibility index (Phi) is 3.98. The van der Waals surface area contributed by atoms with E-state index in [0.717, 1.165) is 0 Å². The van der Waals surface area contributed by atoms with E-state index in [1.165, 1.54) is 12.4 Å². The van der Waals surface area contributed by atoms with Gasteiger partial charge in [0.15, 0.2) is 0 Å². The average Bonchev–Trinajstić information content (AvgIpc) is 2.41. The molecule has 2 rings (SSSR count). The Bertz CT molecular complexity index is 574. The smallest absolute Gasteiger partial charge is 0.322 e. The first-order valence-electron chi connectivity index (χ1n) is 6.31. The number of para-hydroxylation sites is 1. The molecule has 0 saturated heterocycles. The maximum absolute atomic E-state index is 11.8. The van der Waals surface area contributed by atoms with Crippen LogP contribution in [-0.2, 0) is 4.79 Å². The van der Waals surface area contributed by atoms with Crippen LogP contribution in [0, 0.1) is 5.41 Å². The molecule has 5 nitrogen and oxygen atoms in total. The first-order valence-corrected chi connectivity index (χ1v) is 6.31. The molecule has 0 unspecified atom stereocenters. The number of anilines is 1. The summed E-state index contributed by atoms with van der Waals surface area (Å²) in [5.74, 6) is 0.580. The molecule has 0 atom stereocenters. The van der Waals surface area contributed by atoms with Gasteiger partial charge in [0.1, 0.15) is 5.75 Å². The van der Waals surface area contributed by atoms with Crippen LogP contribution >= 0.6 is 0 Å². The number of hydrogen-bond donors (Lipinski definition) is 1. The van der Waals surface area contributed by atoms with Crippen molar-refractivity contribution in [3.63, 3.8) is 0 Å². The van der Waals surface area contributed by atoms with Crippen molar-refractivity contribution in [2.24, 2.45) is 5.41 Å². The molecule has 104 valence electrons. The Labute approximate surface area is 118 Å². The third-order valence-corrected chi connectivity index (χ3v) is 2.52. The summed E-state index contributed by atoms with van der Waals surface area (Å²) in [4.78, 5) is 19.9. The first kappa shape index (κ1) is 14.0. The lowest BCUT2D eigenvalue weighted by molar-refractivity contribution is -0.123. The predicted octanol–water partition coefficient (Wildman–Crippen LogP) is 3.25. The highest BCUT2D eigenvalue weighted by atomic mass is 16.5. The van der Waals surface area contributed by atoms with Gasteiger partial charge in [0.25, 0.3) is 0 Å². The molecule has 0 aliphatic heterocycles. The summed E-state index contributed by atoms with van der Waals surface area (Å²) < 4.78 is 5.47. The Balaban J connectivity index is 2.02. The maximum Gasteiger partial charge on any atom is 0.322 e. The van der Waals surface area contributed by atoms with Crippen LogP contribution in [0.15, 0.2) is 42.7 Å². The number of benzene rings is 1. The van der Waals surface area contributed by atoms with E-state index in [1.807, 2.05) is 51.1 Å². The van der Waals surface area contributed by atoms with Crippen molar-refractivity contribution in [3.8, 4) is 11.8 Å². The Morgan fingerprint density at radius 2 is 1.70 bits per heavy atom. The highest BCUT2D eigenvalue weighted by Gasteiger charge is 2.21. The molecule has 1 heterocycles. The third kappa shape index (κ3) is 3.78. The SMILES string of the molecule is CC(C)(C)C(=O)Nc1cnc(Oc2ccccc2)nc1. The van der Waals surface area contributed by atoms with Crippen molar-refractivity contribution in [1.82, 2.24) is 9.97 Å². The number of nitrogens with one attached hydrogen (secondary N) is 1. The fraction of sp³-hybridized carbons (Fsp3) is 0.267. The fourth-order valence-corrected chi connectivity index (χ4v) is 1.35. The second kappa shape index (κ2) is 5.69. The predicted molar refractivity (Wildman–Crippen MR) is 76.6 cm³/mol. The molecule has 2 aromatic rings. The van der Waals surface area contributed by atoms with Crippen molar-refractivity contribution in [2.75, 3.05) is 5.32 Å². The van der Waals surface area contributed by atoms with Crippen LogP contribution in [0.2, 0.25) is 0 Å². The molecule has 0 saturated carbocycles. The van der Waals surface area contributed by atoms with Crippen molar-refractivity contribution in [3.05, 3.63) is 42.7 Å². The topological polar surface area (TPSA) is 64.1 Å². The second-order valence-corrected chi connectivity index (χ2v) is 5.37. The standard InChI is InChI=1S/C15H17N3O2/c1-15(2,3)13(19)18-11-9-16-14(17-10-11)20-12-7-5-4-6-8-12/h4-10H,1-3H3,(H,18,19). The van der Waals surface area contributed by atoms with Crippen molar-refractivity contribution >= 4 is 11.6 Å². The first-order chi connectivity index (χ1) is 9.45. The van der Waals surface area contributed by atoms with E-state index in [-0.39, 0.29) is 11.9 Å². The number of hydrogen-bond acceptors (Lipinski definition) is 4. The van der Waals surface area contributed by atoms with Gasteiger partial charge in [0, 0.05) is 5.41 Å². The molecule has 1 aromatic heterocycles. The van der Waals surface area contributed by atoms with Crippen LogP contribution in [0.1, 0.15) is 20.8 Å². The summed E-state index contributed by atoms with van der Waals surface area (Å²) in [5, 5.41) is 2.75. The van der Waals surface area contributed by atoms with Crippen LogP contribution in [0.4, 0.5) is 5.69 Å². The monoisotopic (exact) mass is 271 g/mol. The van der Waals surface area contributed by atoms with E-state index in [4.69, 9.17) is 4.74 Å². The van der Waals surface area contributed by atoms with E-state index in [2.05, 4.69) is 15.3 Å². The van der Waals surface area contributed by atoms with Gasteiger partial charge in [0.2, 0.25) is 5.91 Å². The minimum atomic E-state index is -0.459. The van der Waals surface area contributed by atoms with E-state index < -0.39 is 5.41 Å². The Morgan fingerprint density at radius 1 is 1.10 bits per heavy atom. The number of rotatable bonds is 3. The largest absolute Gasteiger partial charge is 0.424 e. The number of carbonyl (C=O) groups is 1. The molecular weight excluding hydrogens is 254 g/mol. The summed E-state index contributed by atoms with van der Waals surface area (Å²) in [6, 6.07) is 9.52. The minimum Gasteiger partial charge on any atom is -0.424 e. The molecule has 0 fully saturated rings. The maximum atomic E-state index is 11.8. The summed E-state index contributed by atoms with van der Waals surface area (Å²) in [6.45, 7) is 5.53. The summed E-state index contributed by atoms with van der Waals surface area (Å²) in [7, 11) is 0. The zero-order chi connectivity index (χ0) is 14.6. The van der Waals surface area contributed by atoms with Crippen LogP contribution in [0.5, 0.6) is 11.8 Å². The van der Waals surface area contributed by atoms with Gasteiger partial charge in [0.05, 0.1) is 18.1 Å². The van der Waals surface area contributed by atoms with Crippen molar-refractivity contribution < 1.29 is 9.53 Å². The van der Waals surface area contributed by atoms with E-state index in [9.17, 15) is 4.79 Å². The normalized spacial score (nSPS) is 10.9. The van der Waals surface area contributed by atoms with Gasteiger partial charge in [-0.05, 0) is 12.1 Å². The number of ether oxygens (including phenoxy) is 1. The van der Waals surface area contributed by atoms with Gasteiger partial charge >= 0.3 is 6.01 Å². The van der Waals surface area contributed by atoms with Gasteiger partial charge < -0.3 is 10.1 Å². The zero-order valence-electron chi connectivity index (χ0n) is 11.8. The number of nitrogens with zero attached hydrogens (tertiary/aromatic N) is 2. The molecule has 1 aromatic carbocycles. The van der Waals surface area contributed by atoms with Crippen LogP contribution in [-0.4, -0.2) is 15.9 Å². The molecule has 1 amide bonds. The summed E-state index contributed by atoms with van der Waals surface area (Å²) in [6.07, 6.45) is 3.05. The van der Waals surface area contributed by atoms with Gasteiger partial charge in [-0.3, -0.25) is 4.79 Å². The highest BCUT2D eigenvalue weighted by Crippen LogP contribution is 2.19. The van der Waals surface area contributed by atoms with Crippen molar-refractivity contribution in [2.45, 2.75) is 20.8 Å². The second-order valence-electron chi connectivity index (χ2n) is 5.37. The lowest BCUT2D eigenvalue weighted by Crippen LogP contribution is -2.27.